The van der Waals surface area contributed by atoms with Gasteiger partial charge in [0.05, 0.1) is 5.52 Å². The van der Waals surface area contributed by atoms with E-state index in [0.29, 0.717) is 5.56 Å². The largest absolute Gasteiger partial charge is 0.461 e. The van der Waals surface area contributed by atoms with E-state index >= 15 is 0 Å². The first kappa shape index (κ1) is 11.7. The van der Waals surface area contributed by atoms with Crippen LogP contribution in [0.15, 0.2) is 27.4 Å². The van der Waals surface area contributed by atoms with Crippen molar-refractivity contribution in [2.45, 2.75) is 13.8 Å². The van der Waals surface area contributed by atoms with Crippen molar-refractivity contribution in [1.82, 2.24) is 4.57 Å². The van der Waals surface area contributed by atoms with Gasteiger partial charge in [0.1, 0.15) is 11.3 Å². The Balaban J connectivity index is 2.72. The number of fused-ring (bicyclic) bond motifs is 3. The van der Waals surface area contributed by atoms with Gasteiger partial charge >= 0.3 is 0 Å². The third kappa shape index (κ3) is 1.53. The molecule has 0 unspecified atom stereocenters. The predicted octanol–water partition coefficient (Wildman–Crippen LogP) is 2.71. The lowest BCUT2D eigenvalue weighted by Gasteiger charge is -2.09. The minimum atomic E-state index is -0.196. The van der Waals surface area contributed by atoms with Crippen molar-refractivity contribution >= 4 is 28.2 Å². The lowest BCUT2D eigenvalue weighted by molar-refractivity contribution is 0.112. The molecule has 0 bridgehead atoms. The third-order valence-electron chi connectivity index (χ3n) is 3.47. The first-order valence-corrected chi connectivity index (χ1v) is 6.01. The number of carbonyl (C=O) groups is 1. The first-order valence-electron chi connectivity index (χ1n) is 6.01. The van der Waals surface area contributed by atoms with Crippen LogP contribution >= 0.6 is 0 Å². The van der Waals surface area contributed by atoms with Gasteiger partial charge in [-0.15, -0.1) is 0 Å². The normalized spacial score (nSPS) is 11.3. The quantitative estimate of drug-likeness (QED) is 0.628. The van der Waals surface area contributed by atoms with Crippen molar-refractivity contribution in [3.8, 4) is 0 Å². The molecule has 0 radical (unpaired) electrons. The molecule has 0 fully saturated rings. The highest BCUT2D eigenvalue weighted by atomic mass is 16.3. The number of carbonyl (C=O) groups excluding carboxylic acids is 1. The van der Waals surface area contributed by atoms with Gasteiger partial charge in [0.15, 0.2) is 6.29 Å². The van der Waals surface area contributed by atoms with E-state index in [1.807, 2.05) is 26.0 Å². The van der Waals surface area contributed by atoms with Crippen LogP contribution in [0.3, 0.4) is 0 Å². The number of aryl methyl sites for hydroxylation is 3. The zero-order valence-electron chi connectivity index (χ0n) is 11.0. The summed E-state index contributed by atoms with van der Waals surface area (Å²) >= 11 is 0. The molecule has 0 aliphatic carbocycles. The second kappa shape index (κ2) is 3.82. The lowest BCUT2D eigenvalue weighted by atomic mass is 10.0. The molecule has 4 nitrogen and oxygen atoms in total. The number of pyridine rings is 1. The molecule has 0 saturated heterocycles. The maximum absolute atomic E-state index is 11.9. The van der Waals surface area contributed by atoms with Gasteiger partial charge in [-0.2, -0.15) is 0 Å². The third-order valence-corrected chi connectivity index (χ3v) is 3.47. The van der Waals surface area contributed by atoms with Crippen molar-refractivity contribution in [3.05, 3.63) is 45.4 Å². The van der Waals surface area contributed by atoms with Crippen LogP contribution in [0.1, 0.15) is 21.7 Å². The van der Waals surface area contributed by atoms with E-state index in [4.69, 9.17) is 4.42 Å². The highest BCUT2D eigenvalue weighted by Gasteiger charge is 2.14. The Bertz CT molecular complexity index is 884. The smallest absolute Gasteiger partial charge is 0.251 e. The van der Waals surface area contributed by atoms with Gasteiger partial charge in [-0.05, 0) is 31.5 Å². The van der Waals surface area contributed by atoms with E-state index < -0.39 is 0 Å². The average Bonchev–Trinajstić information content (AvgIpc) is 2.76. The van der Waals surface area contributed by atoms with Crippen molar-refractivity contribution < 1.29 is 9.21 Å². The minimum absolute atomic E-state index is 0.196. The summed E-state index contributed by atoms with van der Waals surface area (Å²) in [5, 5.41) is 1.65. The standard InChI is InChI=1S/C15H13NO3/c1-8-4-11-10(7-17)6-13(18)16(3)14(11)12-5-9(2)19-15(8)12/h4-7H,1-3H3. The van der Waals surface area contributed by atoms with E-state index in [1.165, 1.54) is 6.07 Å². The second-order valence-electron chi connectivity index (χ2n) is 4.80. The van der Waals surface area contributed by atoms with Crippen LogP contribution in [0.5, 0.6) is 0 Å². The number of hydrogen-bond donors (Lipinski definition) is 0. The average molecular weight is 255 g/mol. The zero-order chi connectivity index (χ0) is 13.7. The monoisotopic (exact) mass is 255 g/mol. The molecule has 1 aromatic carbocycles. The first-order chi connectivity index (χ1) is 9.02. The van der Waals surface area contributed by atoms with Crippen LogP contribution < -0.4 is 5.56 Å². The summed E-state index contributed by atoms with van der Waals surface area (Å²) in [5.41, 5.74) is 2.69. The summed E-state index contributed by atoms with van der Waals surface area (Å²) in [5.74, 6) is 0.787. The fourth-order valence-electron chi connectivity index (χ4n) is 2.58. The molecule has 0 aliphatic heterocycles. The molecule has 3 rings (SSSR count). The molecule has 0 aliphatic rings. The molecule has 2 aromatic heterocycles. The summed E-state index contributed by atoms with van der Waals surface area (Å²) in [6, 6.07) is 5.16. The molecule has 4 heteroatoms. The lowest BCUT2D eigenvalue weighted by Crippen LogP contribution is -2.17. The van der Waals surface area contributed by atoms with Crippen LogP contribution in [0.25, 0.3) is 21.9 Å². The summed E-state index contributed by atoms with van der Waals surface area (Å²) < 4.78 is 7.23. The molecular formula is C15H13NO3. The summed E-state index contributed by atoms with van der Waals surface area (Å²) in [7, 11) is 1.70. The topological polar surface area (TPSA) is 52.2 Å². The van der Waals surface area contributed by atoms with Crippen molar-refractivity contribution in [3.63, 3.8) is 0 Å². The van der Waals surface area contributed by atoms with Crippen LogP contribution in [0.4, 0.5) is 0 Å². The van der Waals surface area contributed by atoms with E-state index in [1.54, 1.807) is 11.6 Å². The SMILES string of the molecule is Cc1cc2c(o1)c(C)cc1c(C=O)cc(=O)n(C)c12. The number of hydrogen-bond acceptors (Lipinski definition) is 3. The Hall–Kier alpha value is -2.36. The van der Waals surface area contributed by atoms with Crippen LogP contribution in [0.2, 0.25) is 0 Å². The van der Waals surface area contributed by atoms with E-state index in [-0.39, 0.29) is 5.56 Å². The molecule has 96 valence electrons. The van der Waals surface area contributed by atoms with Crippen LogP contribution in [0, 0.1) is 13.8 Å². The van der Waals surface area contributed by atoms with E-state index in [2.05, 4.69) is 0 Å². The molecule has 0 amide bonds. The summed E-state index contributed by atoms with van der Waals surface area (Å²) in [6.45, 7) is 3.80. The Morgan fingerprint density at radius 3 is 2.58 bits per heavy atom. The molecule has 0 spiro atoms. The van der Waals surface area contributed by atoms with E-state index in [9.17, 15) is 9.59 Å². The van der Waals surface area contributed by atoms with Gasteiger partial charge in [-0.3, -0.25) is 9.59 Å². The molecule has 0 atom stereocenters. The van der Waals surface area contributed by atoms with Gasteiger partial charge in [-0.25, -0.2) is 0 Å². The van der Waals surface area contributed by atoms with Crippen molar-refractivity contribution in [2.75, 3.05) is 0 Å². The van der Waals surface area contributed by atoms with Crippen LogP contribution in [-0.4, -0.2) is 10.9 Å². The fraction of sp³-hybridized carbons (Fsp3) is 0.200. The molecule has 0 saturated carbocycles. The second-order valence-corrected chi connectivity index (χ2v) is 4.80. The Labute approximate surface area is 109 Å². The van der Waals surface area contributed by atoms with Gasteiger partial charge in [0, 0.05) is 29.4 Å². The summed E-state index contributed by atoms with van der Waals surface area (Å²) in [4.78, 5) is 23.1. The Kier molecular flexibility index (Phi) is 2.35. The number of aromatic nitrogens is 1. The van der Waals surface area contributed by atoms with Gasteiger partial charge in [0.25, 0.3) is 5.56 Å². The van der Waals surface area contributed by atoms with Crippen molar-refractivity contribution in [1.29, 1.82) is 0 Å². The molecule has 3 aromatic rings. The molecular weight excluding hydrogens is 242 g/mol. The van der Waals surface area contributed by atoms with Crippen molar-refractivity contribution in [2.24, 2.45) is 7.05 Å². The summed E-state index contributed by atoms with van der Waals surface area (Å²) in [6.07, 6.45) is 0.724. The highest BCUT2D eigenvalue weighted by molar-refractivity contribution is 6.10. The molecule has 19 heavy (non-hydrogen) atoms. The maximum Gasteiger partial charge on any atom is 0.251 e. The van der Waals surface area contributed by atoms with E-state index in [0.717, 1.165) is 39.5 Å². The zero-order valence-corrected chi connectivity index (χ0v) is 11.0. The van der Waals surface area contributed by atoms with Crippen LogP contribution in [-0.2, 0) is 7.05 Å². The predicted molar refractivity (Wildman–Crippen MR) is 73.8 cm³/mol. The molecule has 2 heterocycles. The molecule has 0 N–H and O–H groups in total. The van der Waals surface area contributed by atoms with Gasteiger partial charge in [0.2, 0.25) is 0 Å². The highest BCUT2D eigenvalue weighted by Crippen LogP contribution is 2.31. The number of rotatable bonds is 1. The number of nitrogens with zero attached hydrogens (tertiary/aromatic N) is 1. The fourth-order valence-corrected chi connectivity index (χ4v) is 2.58. The minimum Gasteiger partial charge on any atom is -0.461 e. The Morgan fingerprint density at radius 1 is 1.16 bits per heavy atom. The number of aldehydes is 1. The van der Waals surface area contributed by atoms with Gasteiger partial charge in [-0.1, -0.05) is 0 Å². The maximum atomic E-state index is 11.9. The van der Waals surface area contributed by atoms with Gasteiger partial charge < -0.3 is 8.98 Å². The Morgan fingerprint density at radius 2 is 1.89 bits per heavy atom. The number of benzene rings is 1. The number of furan rings is 1.